The molecule has 1 fully saturated rings. The first kappa shape index (κ1) is 14.9. The van der Waals surface area contributed by atoms with Gasteiger partial charge in [0, 0.05) is 30.6 Å². The Kier molecular flexibility index (Phi) is 4.36. The fraction of sp³-hybridized carbons (Fsp3) is 0.294. The van der Waals surface area contributed by atoms with Gasteiger partial charge in [-0.05, 0) is 25.0 Å². The first-order valence-corrected chi connectivity index (χ1v) is 8.17. The Morgan fingerprint density at radius 1 is 1.36 bits per heavy atom. The van der Waals surface area contributed by atoms with E-state index >= 15 is 0 Å². The minimum absolute atomic E-state index is 0.295. The van der Waals surface area contributed by atoms with E-state index in [4.69, 9.17) is 5.11 Å². The number of benzene rings is 1. The Bertz CT molecular complexity index is 698. The van der Waals surface area contributed by atoms with Gasteiger partial charge < -0.3 is 5.11 Å². The Hall–Kier alpha value is -1.98. The number of rotatable bonds is 4. The number of carboxylic acids is 1. The molecule has 0 unspecified atom stereocenters. The lowest BCUT2D eigenvalue weighted by Crippen LogP contribution is -2.30. The van der Waals surface area contributed by atoms with E-state index in [2.05, 4.69) is 21.8 Å². The molecule has 0 saturated carbocycles. The molecule has 0 bridgehead atoms. The van der Waals surface area contributed by atoms with E-state index in [1.807, 2.05) is 6.07 Å². The van der Waals surface area contributed by atoms with Gasteiger partial charge in [0.15, 0.2) is 0 Å². The normalized spacial score (nSPS) is 15.9. The van der Waals surface area contributed by atoms with Crippen LogP contribution in [0, 0.1) is 0 Å². The van der Waals surface area contributed by atoms with Crippen LogP contribution in [0.2, 0.25) is 0 Å². The van der Waals surface area contributed by atoms with Crippen LogP contribution in [-0.2, 0) is 6.54 Å². The van der Waals surface area contributed by atoms with Crippen LogP contribution in [0.1, 0.15) is 28.9 Å². The van der Waals surface area contributed by atoms with Gasteiger partial charge in [-0.1, -0.05) is 24.3 Å². The van der Waals surface area contributed by atoms with Gasteiger partial charge in [-0.3, -0.25) is 4.90 Å². The number of hydrogen-bond donors (Lipinski definition) is 1. The van der Waals surface area contributed by atoms with E-state index in [-0.39, 0.29) is 0 Å². The van der Waals surface area contributed by atoms with Gasteiger partial charge >= 0.3 is 5.97 Å². The summed E-state index contributed by atoms with van der Waals surface area (Å²) in [6, 6.07) is 6.94. The average Bonchev–Trinajstić information content (AvgIpc) is 2.98. The molecule has 0 aliphatic carbocycles. The Labute approximate surface area is 133 Å². The number of carboxylic acid groups (broad SMARTS) is 1. The van der Waals surface area contributed by atoms with E-state index in [0.717, 1.165) is 48.7 Å². The molecule has 0 radical (unpaired) electrons. The minimum Gasteiger partial charge on any atom is -0.478 e. The van der Waals surface area contributed by atoms with Crippen LogP contribution in [0.4, 0.5) is 0 Å². The predicted octanol–water partition coefficient (Wildman–Crippen LogP) is 3.66. The van der Waals surface area contributed by atoms with Gasteiger partial charge in [0.05, 0.1) is 11.3 Å². The fourth-order valence-corrected chi connectivity index (χ4v) is 3.36. The molecule has 2 heterocycles. The number of hydrogen-bond acceptors (Lipinski definition) is 4. The highest BCUT2D eigenvalue weighted by molar-refractivity contribution is 7.13. The van der Waals surface area contributed by atoms with Crippen molar-refractivity contribution in [2.24, 2.45) is 0 Å². The van der Waals surface area contributed by atoms with Gasteiger partial charge in [-0.15, -0.1) is 11.3 Å². The van der Waals surface area contributed by atoms with Crippen LogP contribution in [0.5, 0.6) is 0 Å². The van der Waals surface area contributed by atoms with E-state index < -0.39 is 5.97 Å². The lowest BCUT2D eigenvalue weighted by atomic mass is 10.1. The molecule has 4 nitrogen and oxygen atoms in total. The highest BCUT2D eigenvalue weighted by Crippen LogP contribution is 2.26. The molecular weight excluding hydrogens is 296 g/mol. The summed E-state index contributed by atoms with van der Waals surface area (Å²) >= 11 is 1.56. The van der Waals surface area contributed by atoms with E-state index in [1.165, 1.54) is 5.57 Å². The van der Waals surface area contributed by atoms with E-state index in [0.29, 0.717) is 5.56 Å². The van der Waals surface area contributed by atoms with Crippen LogP contribution < -0.4 is 0 Å². The molecule has 1 N–H and O–H groups in total. The minimum atomic E-state index is -0.910. The monoisotopic (exact) mass is 314 g/mol. The smallest absolute Gasteiger partial charge is 0.335 e. The standard InChI is InChI=1S/C17H18N2O2S/c1-12-5-7-19(8-6-12)10-15-11-22-16(18-15)13-3-2-4-14(9-13)17(20)21/h2-4,9,11H,1,5-8,10H2,(H,20,21). The molecule has 114 valence electrons. The summed E-state index contributed by atoms with van der Waals surface area (Å²) in [6.45, 7) is 6.97. The third kappa shape index (κ3) is 3.43. The molecule has 0 atom stereocenters. The molecule has 1 aliphatic heterocycles. The maximum absolute atomic E-state index is 11.0. The summed E-state index contributed by atoms with van der Waals surface area (Å²) < 4.78 is 0. The number of likely N-dealkylation sites (tertiary alicyclic amines) is 1. The summed E-state index contributed by atoms with van der Waals surface area (Å²) in [6.07, 6.45) is 2.13. The second-order valence-electron chi connectivity index (χ2n) is 5.56. The maximum atomic E-state index is 11.0. The van der Waals surface area contributed by atoms with Gasteiger partial charge in [0.2, 0.25) is 0 Å². The van der Waals surface area contributed by atoms with Crippen molar-refractivity contribution in [2.75, 3.05) is 13.1 Å². The Balaban J connectivity index is 1.72. The molecule has 22 heavy (non-hydrogen) atoms. The van der Waals surface area contributed by atoms with Crippen molar-refractivity contribution in [1.29, 1.82) is 0 Å². The number of carbonyl (C=O) groups is 1. The third-order valence-electron chi connectivity index (χ3n) is 3.86. The quantitative estimate of drug-likeness (QED) is 0.875. The molecule has 1 aliphatic rings. The number of aromatic nitrogens is 1. The predicted molar refractivity (Wildman–Crippen MR) is 88.2 cm³/mol. The molecule has 0 amide bonds. The molecule has 0 spiro atoms. The maximum Gasteiger partial charge on any atom is 0.335 e. The van der Waals surface area contributed by atoms with Crippen LogP contribution in [0.15, 0.2) is 41.8 Å². The molecule has 2 aromatic rings. The highest BCUT2D eigenvalue weighted by Gasteiger charge is 2.15. The number of piperidine rings is 1. The molecule has 5 heteroatoms. The topological polar surface area (TPSA) is 53.4 Å². The van der Waals surface area contributed by atoms with Crippen LogP contribution >= 0.6 is 11.3 Å². The van der Waals surface area contributed by atoms with Gasteiger partial charge in [-0.2, -0.15) is 0 Å². The van der Waals surface area contributed by atoms with E-state index in [1.54, 1.807) is 29.5 Å². The van der Waals surface area contributed by atoms with E-state index in [9.17, 15) is 4.79 Å². The summed E-state index contributed by atoms with van der Waals surface area (Å²) in [5.41, 5.74) is 3.54. The van der Waals surface area contributed by atoms with Gasteiger partial charge in [-0.25, -0.2) is 9.78 Å². The zero-order valence-corrected chi connectivity index (χ0v) is 13.1. The largest absolute Gasteiger partial charge is 0.478 e. The van der Waals surface area contributed by atoms with Crippen molar-refractivity contribution < 1.29 is 9.90 Å². The van der Waals surface area contributed by atoms with Crippen molar-refractivity contribution in [3.8, 4) is 10.6 Å². The third-order valence-corrected chi connectivity index (χ3v) is 4.80. The fourth-order valence-electron chi connectivity index (χ4n) is 2.55. The average molecular weight is 314 g/mol. The molecule has 3 rings (SSSR count). The van der Waals surface area contributed by atoms with Crippen LogP contribution in [-0.4, -0.2) is 34.0 Å². The molecule has 1 aromatic carbocycles. The molecule has 1 aromatic heterocycles. The number of aromatic carboxylic acids is 1. The summed E-state index contributed by atoms with van der Waals surface area (Å²) in [4.78, 5) is 18.1. The number of nitrogens with zero attached hydrogens (tertiary/aromatic N) is 2. The van der Waals surface area contributed by atoms with Crippen molar-refractivity contribution in [3.05, 3.63) is 53.1 Å². The van der Waals surface area contributed by atoms with Crippen molar-refractivity contribution >= 4 is 17.3 Å². The number of thiazole rings is 1. The lowest BCUT2D eigenvalue weighted by molar-refractivity contribution is 0.0697. The van der Waals surface area contributed by atoms with Crippen LogP contribution in [0.3, 0.4) is 0 Å². The molecular formula is C17H18N2O2S. The lowest BCUT2D eigenvalue weighted by Gasteiger charge is -2.26. The van der Waals surface area contributed by atoms with Gasteiger partial charge in [0.1, 0.15) is 5.01 Å². The van der Waals surface area contributed by atoms with Crippen LogP contribution in [0.25, 0.3) is 10.6 Å². The molecule has 1 saturated heterocycles. The van der Waals surface area contributed by atoms with Crippen molar-refractivity contribution in [2.45, 2.75) is 19.4 Å². The Morgan fingerprint density at radius 2 is 2.14 bits per heavy atom. The second kappa shape index (κ2) is 6.42. The zero-order chi connectivity index (χ0) is 15.5. The first-order valence-electron chi connectivity index (χ1n) is 7.29. The van der Waals surface area contributed by atoms with Crippen molar-refractivity contribution in [1.82, 2.24) is 9.88 Å². The zero-order valence-electron chi connectivity index (χ0n) is 12.3. The van der Waals surface area contributed by atoms with Gasteiger partial charge in [0.25, 0.3) is 0 Å². The highest BCUT2D eigenvalue weighted by atomic mass is 32.1. The second-order valence-corrected chi connectivity index (χ2v) is 6.41. The van der Waals surface area contributed by atoms with Crippen molar-refractivity contribution in [3.63, 3.8) is 0 Å². The summed E-state index contributed by atoms with van der Waals surface area (Å²) in [5, 5.41) is 12.0. The summed E-state index contributed by atoms with van der Waals surface area (Å²) in [7, 11) is 0. The SMILES string of the molecule is C=C1CCN(Cc2csc(-c3cccc(C(=O)O)c3)n2)CC1. The Morgan fingerprint density at radius 3 is 2.86 bits per heavy atom. The summed E-state index contributed by atoms with van der Waals surface area (Å²) in [5.74, 6) is -0.910. The first-order chi connectivity index (χ1) is 10.6.